The number of pyridine rings is 1. The third-order valence-corrected chi connectivity index (χ3v) is 3.39. The van der Waals surface area contributed by atoms with Gasteiger partial charge in [-0.15, -0.1) is 0 Å². The Bertz CT molecular complexity index is 834. The van der Waals surface area contributed by atoms with E-state index in [-0.39, 0.29) is 0 Å². The Hall–Kier alpha value is -3.06. The van der Waals surface area contributed by atoms with Gasteiger partial charge in [0.2, 0.25) is 0 Å². The zero-order valence-electron chi connectivity index (χ0n) is 11.4. The molecule has 1 heterocycles. The van der Waals surface area contributed by atoms with Crippen LogP contribution in [0.25, 0.3) is 10.8 Å². The van der Waals surface area contributed by atoms with Crippen LogP contribution in [0.2, 0.25) is 0 Å². The SMILES string of the molecule is N#Cc1cccc(CNc2ccc(N)c3cnccc23)c1. The van der Waals surface area contributed by atoms with Gasteiger partial charge in [0.1, 0.15) is 0 Å². The molecule has 0 spiro atoms. The number of fused-ring (bicyclic) bond motifs is 1. The fraction of sp³-hybridized carbons (Fsp3) is 0.0588. The molecule has 0 aliphatic heterocycles. The second-order valence-corrected chi connectivity index (χ2v) is 4.79. The molecule has 0 bridgehead atoms. The lowest BCUT2D eigenvalue weighted by molar-refractivity contribution is 1.15. The highest BCUT2D eigenvalue weighted by Crippen LogP contribution is 2.27. The molecule has 0 saturated heterocycles. The van der Waals surface area contributed by atoms with Crippen LogP contribution in [0.3, 0.4) is 0 Å². The monoisotopic (exact) mass is 274 g/mol. The molecular weight excluding hydrogens is 260 g/mol. The summed E-state index contributed by atoms with van der Waals surface area (Å²) in [6.07, 6.45) is 3.52. The number of rotatable bonds is 3. The van der Waals surface area contributed by atoms with E-state index in [0.29, 0.717) is 12.1 Å². The number of anilines is 2. The van der Waals surface area contributed by atoms with Gasteiger partial charge >= 0.3 is 0 Å². The Morgan fingerprint density at radius 3 is 2.90 bits per heavy atom. The van der Waals surface area contributed by atoms with Gasteiger partial charge in [-0.2, -0.15) is 5.26 Å². The molecule has 4 nitrogen and oxygen atoms in total. The molecule has 3 aromatic rings. The van der Waals surface area contributed by atoms with Crippen LogP contribution in [0.15, 0.2) is 54.9 Å². The predicted octanol–water partition coefficient (Wildman–Crippen LogP) is 3.30. The molecule has 4 heteroatoms. The molecule has 21 heavy (non-hydrogen) atoms. The van der Waals surface area contributed by atoms with E-state index in [0.717, 1.165) is 27.7 Å². The topological polar surface area (TPSA) is 74.7 Å². The Morgan fingerprint density at radius 1 is 1.14 bits per heavy atom. The van der Waals surface area contributed by atoms with Crippen molar-refractivity contribution in [1.82, 2.24) is 4.98 Å². The number of nitriles is 1. The lowest BCUT2D eigenvalue weighted by Crippen LogP contribution is -2.01. The van der Waals surface area contributed by atoms with Crippen LogP contribution < -0.4 is 11.1 Å². The van der Waals surface area contributed by atoms with Crippen molar-refractivity contribution in [3.8, 4) is 6.07 Å². The summed E-state index contributed by atoms with van der Waals surface area (Å²) < 4.78 is 0. The maximum atomic E-state index is 8.93. The van der Waals surface area contributed by atoms with Crippen LogP contribution in [0.4, 0.5) is 11.4 Å². The molecule has 0 unspecified atom stereocenters. The van der Waals surface area contributed by atoms with Crippen molar-refractivity contribution in [3.05, 3.63) is 66.0 Å². The van der Waals surface area contributed by atoms with Gasteiger partial charge in [0.05, 0.1) is 11.6 Å². The molecule has 3 rings (SSSR count). The van der Waals surface area contributed by atoms with Crippen molar-refractivity contribution in [2.75, 3.05) is 11.1 Å². The van der Waals surface area contributed by atoms with Crippen LogP contribution in [0.5, 0.6) is 0 Å². The summed E-state index contributed by atoms with van der Waals surface area (Å²) >= 11 is 0. The Labute approximate surface area is 122 Å². The van der Waals surface area contributed by atoms with Crippen LogP contribution in [0, 0.1) is 11.3 Å². The highest BCUT2D eigenvalue weighted by molar-refractivity contribution is 6.00. The molecule has 3 N–H and O–H groups in total. The number of nitrogen functional groups attached to an aromatic ring is 1. The van der Waals surface area contributed by atoms with E-state index in [4.69, 9.17) is 11.0 Å². The number of nitrogens with one attached hydrogen (secondary N) is 1. The maximum Gasteiger partial charge on any atom is 0.0991 e. The van der Waals surface area contributed by atoms with Crippen molar-refractivity contribution >= 4 is 22.1 Å². The average molecular weight is 274 g/mol. The molecule has 2 aromatic carbocycles. The first-order chi connectivity index (χ1) is 10.3. The zero-order valence-corrected chi connectivity index (χ0v) is 11.4. The first kappa shape index (κ1) is 12.9. The molecule has 102 valence electrons. The molecule has 0 radical (unpaired) electrons. The first-order valence-electron chi connectivity index (χ1n) is 6.63. The summed E-state index contributed by atoms with van der Waals surface area (Å²) in [6.45, 7) is 0.650. The van der Waals surface area contributed by atoms with Crippen LogP contribution in [-0.4, -0.2) is 4.98 Å². The van der Waals surface area contributed by atoms with Gasteiger partial charge in [0.15, 0.2) is 0 Å². The number of nitrogens with two attached hydrogens (primary N) is 1. The molecule has 0 aliphatic carbocycles. The Kier molecular flexibility index (Phi) is 3.40. The van der Waals surface area contributed by atoms with E-state index < -0.39 is 0 Å². The number of nitrogens with zero attached hydrogens (tertiary/aromatic N) is 2. The van der Waals surface area contributed by atoms with Gasteiger partial charge in [-0.1, -0.05) is 12.1 Å². The number of hydrogen-bond acceptors (Lipinski definition) is 4. The third kappa shape index (κ3) is 2.63. The maximum absolute atomic E-state index is 8.93. The lowest BCUT2D eigenvalue weighted by Gasteiger charge is -2.11. The highest BCUT2D eigenvalue weighted by atomic mass is 14.9. The van der Waals surface area contributed by atoms with Gasteiger partial charge in [-0.3, -0.25) is 4.98 Å². The van der Waals surface area contributed by atoms with E-state index in [1.807, 2.05) is 36.4 Å². The summed E-state index contributed by atoms with van der Waals surface area (Å²) in [4.78, 5) is 4.11. The molecule has 1 aromatic heterocycles. The fourth-order valence-electron chi connectivity index (χ4n) is 2.31. The normalized spacial score (nSPS) is 10.2. The fourth-order valence-corrected chi connectivity index (χ4v) is 2.31. The van der Waals surface area contributed by atoms with Crippen molar-refractivity contribution in [1.29, 1.82) is 5.26 Å². The quantitative estimate of drug-likeness (QED) is 0.718. The highest BCUT2D eigenvalue weighted by Gasteiger charge is 2.04. The smallest absolute Gasteiger partial charge is 0.0991 e. The summed E-state index contributed by atoms with van der Waals surface area (Å²) in [5.41, 5.74) is 9.42. The van der Waals surface area contributed by atoms with E-state index in [1.54, 1.807) is 18.5 Å². The Morgan fingerprint density at radius 2 is 2.05 bits per heavy atom. The van der Waals surface area contributed by atoms with Crippen molar-refractivity contribution in [3.63, 3.8) is 0 Å². The minimum absolute atomic E-state index is 0.650. The number of aromatic nitrogens is 1. The number of hydrogen-bond donors (Lipinski definition) is 2. The van der Waals surface area contributed by atoms with Crippen molar-refractivity contribution < 1.29 is 0 Å². The van der Waals surface area contributed by atoms with E-state index >= 15 is 0 Å². The zero-order chi connectivity index (χ0) is 14.7. The average Bonchev–Trinajstić information content (AvgIpc) is 2.55. The van der Waals surface area contributed by atoms with Crippen LogP contribution in [0.1, 0.15) is 11.1 Å². The molecule has 0 amide bonds. The second-order valence-electron chi connectivity index (χ2n) is 4.79. The van der Waals surface area contributed by atoms with Gasteiger partial charge in [-0.05, 0) is 35.9 Å². The van der Waals surface area contributed by atoms with E-state index in [9.17, 15) is 0 Å². The molecule has 0 fully saturated rings. The summed E-state index contributed by atoms with van der Waals surface area (Å²) in [7, 11) is 0. The molecule has 0 saturated carbocycles. The first-order valence-corrected chi connectivity index (χ1v) is 6.63. The van der Waals surface area contributed by atoms with Crippen molar-refractivity contribution in [2.45, 2.75) is 6.54 Å². The summed E-state index contributed by atoms with van der Waals surface area (Å²) in [5, 5.41) is 14.3. The van der Waals surface area contributed by atoms with Crippen LogP contribution in [-0.2, 0) is 6.54 Å². The molecule has 0 aliphatic rings. The predicted molar refractivity (Wildman–Crippen MR) is 84.6 cm³/mol. The third-order valence-electron chi connectivity index (χ3n) is 3.39. The van der Waals surface area contributed by atoms with E-state index in [1.165, 1.54) is 0 Å². The second kappa shape index (κ2) is 5.51. The lowest BCUT2D eigenvalue weighted by atomic mass is 10.1. The standard InChI is InChI=1S/C17H14N4/c18-9-12-2-1-3-13(8-12)10-21-17-5-4-16(19)15-11-20-7-6-14(15)17/h1-8,11,21H,10,19H2. The van der Waals surface area contributed by atoms with Crippen LogP contribution >= 0.6 is 0 Å². The van der Waals surface area contributed by atoms with Crippen molar-refractivity contribution in [2.24, 2.45) is 0 Å². The van der Waals surface area contributed by atoms with E-state index in [2.05, 4.69) is 16.4 Å². The Balaban J connectivity index is 1.89. The number of benzene rings is 2. The summed E-state index contributed by atoms with van der Waals surface area (Å²) in [5.74, 6) is 0. The summed E-state index contributed by atoms with van der Waals surface area (Å²) in [6, 6.07) is 15.5. The van der Waals surface area contributed by atoms with Gasteiger partial charge in [0.25, 0.3) is 0 Å². The minimum Gasteiger partial charge on any atom is -0.398 e. The minimum atomic E-state index is 0.650. The molecular formula is C17H14N4. The molecule has 0 atom stereocenters. The van der Waals surface area contributed by atoms with Gasteiger partial charge in [-0.25, -0.2) is 0 Å². The van der Waals surface area contributed by atoms with Gasteiger partial charge in [0, 0.05) is 41.1 Å². The van der Waals surface area contributed by atoms with Gasteiger partial charge < -0.3 is 11.1 Å². The largest absolute Gasteiger partial charge is 0.398 e.